The van der Waals surface area contributed by atoms with E-state index in [1.807, 2.05) is 24.3 Å². The van der Waals surface area contributed by atoms with Gasteiger partial charge in [0, 0.05) is 11.8 Å². The van der Waals surface area contributed by atoms with Crippen LogP contribution in [0.3, 0.4) is 0 Å². The van der Waals surface area contributed by atoms with E-state index >= 15 is 0 Å². The van der Waals surface area contributed by atoms with Gasteiger partial charge in [0.1, 0.15) is 11.6 Å². The van der Waals surface area contributed by atoms with E-state index in [4.69, 9.17) is 4.74 Å². The molecule has 0 radical (unpaired) electrons. The zero-order valence-electron chi connectivity index (χ0n) is 13.5. The van der Waals surface area contributed by atoms with Gasteiger partial charge in [0.05, 0.1) is 23.9 Å². The monoisotopic (exact) mass is 355 g/mol. The second-order valence-corrected chi connectivity index (χ2v) is 6.89. The summed E-state index contributed by atoms with van der Waals surface area (Å²) >= 11 is 0. The Kier molecular flexibility index (Phi) is 4.85. The number of benzene rings is 2. The number of anilines is 3. The van der Waals surface area contributed by atoms with Crippen molar-refractivity contribution in [1.82, 2.24) is 4.98 Å². The lowest BCUT2D eigenvalue weighted by molar-refractivity contribution is 0.415. The Bertz CT molecular complexity index is 943. The summed E-state index contributed by atoms with van der Waals surface area (Å²) in [7, 11) is -2.04. The zero-order valence-corrected chi connectivity index (χ0v) is 14.3. The highest BCUT2D eigenvalue weighted by Crippen LogP contribution is 2.22. The van der Waals surface area contributed by atoms with Crippen LogP contribution in [0.2, 0.25) is 0 Å². The zero-order chi connectivity index (χ0) is 17.7. The predicted molar refractivity (Wildman–Crippen MR) is 97.8 cm³/mol. The number of rotatable bonds is 6. The van der Waals surface area contributed by atoms with Gasteiger partial charge >= 0.3 is 0 Å². The van der Waals surface area contributed by atoms with Crippen molar-refractivity contribution in [2.24, 2.45) is 0 Å². The van der Waals surface area contributed by atoms with E-state index in [1.165, 1.54) is 12.1 Å². The summed E-state index contributed by atoms with van der Waals surface area (Å²) in [4.78, 5) is 4.33. The van der Waals surface area contributed by atoms with Crippen LogP contribution in [0.5, 0.6) is 5.75 Å². The van der Waals surface area contributed by atoms with Crippen LogP contribution in [-0.4, -0.2) is 20.5 Å². The molecule has 0 saturated carbocycles. The van der Waals surface area contributed by atoms with E-state index < -0.39 is 10.0 Å². The Morgan fingerprint density at radius 3 is 2.40 bits per heavy atom. The van der Waals surface area contributed by atoms with Crippen molar-refractivity contribution in [3.8, 4) is 5.75 Å². The number of hydrogen-bond donors (Lipinski definition) is 2. The standard InChI is InChI=1S/C18H17N3O3S/c1-24-16-7-5-6-14(12-16)20-15-10-11-18(19-13-15)21-25(22,23)17-8-3-2-4-9-17/h2-13,20H,1H3,(H,19,21). The van der Waals surface area contributed by atoms with Gasteiger partial charge < -0.3 is 10.1 Å². The van der Waals surface area contributed by atoms with E-state index in [1.54, 1.807) is 43.6 Å². The van der Waals surface area contributed by atoms with E-state index in [0.717, 1.165) is 17.1 Å². The fourth-order valence-electron chi connectivity index (χ4n) is 2.19. The molecule has 0 bridgehead atoms. The quantitative estimate of drug-likeness (QED) is 0.706. The van der Waals surface area contributed by atoms with Crippen molar-refractivity contribution in [2.75, 3.05) is 17.1 Å². The molecule has 0 saturated heterocycles. The van der Waals surface area contributed by atoms with E-state index in [-0.39, 0.29) is 10.7 Å². The summed E-state index contributed by atoms with van der Waals surface area (Å²) in [5, 5.41) is 3.18. The summed E-state index contributed by atoms with van der Waals surface area (Å²) in [6.45, 7) is 0. The SMILES string of the molecule is COc1cccc(Nc2ccc(NS(=O)(=O)c3ccccc3)nc2)c1. The van der Waals surface area contributed by atoms with Gasteiger partial charge in [0.25, 0.3) is 10.0 Å². The summed E-state index contributed by atoms with van der Waals surface area (Å²) in [5.74, 6) is 0.991. The van der Waals surface area contributed by atoms with Crippen LogP contribution in [0, 0.1) is 0 Å². The first-order valence-corrected chi connectivity index (χ1v) is 9.00. The van der Waals surface area contributed by atoms with Crippen molar-refractivity contribution >= 4 is 27.2 Å². The molecule has 3 rings (SSSR count). The highest BCUT2D eigenvalue weighted by molar-refractivity contribution is 7.92. The first-order chi connectivity index (χ1) is 12.1. The number of nitrogens with zero attached hydrogens (tertiary/aromatic N) is 1. The molecule has 1 heterocycles. The minimum absolute atomic E-state index is 0.190. The number of methoxy groups -OCH3 is 1. The van der Waals surface area contributed by atoms with Crippen molar-refractivity contribution in [2.45, 2.75) is 4.90 Å². The maximum Gasteiger partial charge on any atom is 0.263 e. The Morgan fingerprint density at radius 2 is 1.72 bits per heavy atom. The molecule has 6 nitrogen and oxygen atoms in total. The van der Waals surface area contributed by atoms with Gasteiger partial charge in [-0.05, 0) is 36.4 Å². The van der Waals surface area contributed by atoms with Gasteiger partial charge in [-0.15, -0.1) is 0 Å². The van der Waals surface area contributed by atoms with E-state index in [0.29, 0.717) is 0 Å². The van der Waals surface area contributed by atoms with Crippen LogP contribution in [0.25, 0.3) is 0 Å². The van der Waals surface area contributed by atoms with Gasteiger partial charge in [-0.1, -0.05) is 24.3 Å². The summed E-state index contributed by atoms with van der Waals surface area (Å²) < 4.78 is 32.2. The molecule has 0 spiro atoms. The fourth-order valence-corrected chi connectivity index (χ4v) is 3.22. The third-order valence-electron chi connectivity index (χ3n) is 3.41. The third kappa shape index (κ3) is 4.27. The highest BCUT2D eigenvalue weighted by Gasteiger charge is 2.13. The Morgan fingerprint density at radius 1 is 0.920 bits per heavy atom. The molecule has 25 heavy (non-hydrogen) atoms. The summed E-state index contributed by atoms with van der Waals surface area (Å²) in [5.41, 5.74) is 1.58. The number of sulfonamides is 1. The number of nitrogens with one attached hydrogen (secondary N) is 2. The maximum absolute atomic E-state index is 12.3. The lowest BCUT2D eigenvalue weighted by Crippen LogP contribution is -2.13. The van der Waals surface area contributed by atoms with Crippen molar-refractivity contribution in [3.05, 3.63) is 72.9 Å². The van der Waals surface area contributed by atoms with Gasteiger partial charge in [-0.3, -0.25) is 4.72 Å². The average Bonchev–Trinajstić information content (AvgIpc) is 2.64. The topological polar surface area (TPSA) is 80.3 Å². The largest absolute Gasteiger partial charge is 0.497 e. The number of ether oxygens (including phenoxy) is 1. The van der Waals surface area contributed by atoms with Crippen LogP contribution in [0.4, 0.5) is 17.2 Å². The van der Waals surface area contributed by atoms with E-state index in [2.05, 4.69) is 15.0 Å². The third-order valence-corrected chi connectivity index (χ3v) is 4.78. The molecule has 0 aliphatic carbocycles. The molecule has 7 heteroatoms. The predicted octanol–water partition coefficient (Wildman–Crippen LogP) is 3.63. The van der Waals surface area contributed by atoms with Gasteiger partial charge in [-0.2, -0.15) is 0 Å². The molecular weight excluding hydrogens is 338 g/mol. The summed E-state index contributed by atoms with van der Waals surface area (Å²) in [6, 6.07) is 19.0. The van der Waals surface area contributed by atoms with Crippen LogP contribution in [0.15, 0.2) is 77.8 Å². The first-order valence-electron chi connectivity index (χ1n) is 7.52. The molecule has 0 aliphatic rings. The molecule has 0 fully saturated rings. The first kappa shape index (κ1) is 16.8. The number of aromatic nitrogens is 1. The van der Waals surface area contributed by atoms with E-state index in [9.17, 15) is 8.42 Å². The minimum Gasteiger partial charge on any atom is -0.497 e. The molecule has 0 unspecified atom stereocenters. The normalized spacial score (nSPS) is 10.9. The molecule has 0 atom stereocenters. The lowest BCUT2D eigenvalue weighted by Gasteiger charge is -2.10. The van der Waals surface area contributed by atoms with Crippen molar-refractivity contribution in [3.63, 3.8) is 0 Å². The minimum atomic E-state index is -3.64. The molecule has 0 aliphatic heterocycles. The maximum atomic E-state index is 12.3. The van der Waals surface area contributed by atoms with Crippen LogP contribution < -0.4 is 14.8 Å². The second kappa shape index (κ2) is 7.23. The van der Waals surface area contributed by atoms with Gasteiger partial charge in [-0.25, -0.2) is 13.4 Å². The summed E-state index contributed by atoms with van der Waals surface area (Å²) in [6.07, 6.45) is 1.56. The second-order valence-electron chi connectivity index (χ2n) is 5.21. The number of pyridine rings is 1. The van der Waals surface area contributed by atoms with Crippen molar-refractivity contribution in [1.29, 1.82) is 0 Å². The van der Waals surface area contributed by atoms with Gasteiger partial charge in [0.15, 0.2) is 0 Å². The Balaban J connectivity index is 1.72. The highest BCUT2D eigenvalue weighted by atomic mass is 32.2. The average molecular weight is 355 g/mol. The molecule has 2 aromatic carbocycles. The van der Waals surface area contributed by atoms with Crippen LogP contribution in [-0.2, 0) is 10.0 Å². The smallest absolute Gasteiger partial charge is 0.263 e. The number of hydrogen-bond acceptors (Lipinski definition) is 5. The van der Waals surface area contributed by atoms with Crippen molar-refractivity contribution < 1.29 is 13.2 Å². The van der Waals surface area contributed by atoms with Crippen LogP contribution >= 0.6 is 0 Å². The molecule has 1 aromatic heterocycles. The lowest BCUT2D eigenvalue weighted by atomic mass is 10.3. The Hall–Kier alpha value is -3.06. The molecular formula is C18H17N3O3S. The Labute approximate surface area is 146 Å². The molecule has 3 aromatic rings. The van der Waals surface area contributed by atoms with Crippen LogP contribution in [0.1, 0.15) is 0 Å². The fraction of sp³-hybridized carbons (Fsp3) is 0.0556. The van der Waals surface area contributed by atoms with Gasteiger partial charge in [0.2, 0.25) is 0 Å². The molecule has 128 valence electrons. The molecule has 0 amide bonds. The molecule has 2 N–H and O–H groups in total.